The Bertz CT molecular complexity index is 979. The Kier molecular flexibility index (Phi) is 5.62. The van der Waals surface area contributed by atoms with Gasteiger partial charge in [0.25, 0.3) is 5.91 Å². The summed E-state index contributed by atoms with van der Waals surface area (Å²) in [5.41, 5.74) is 1.64. The summed E-state index contributed by atoms with van der Waals surface area (Å²) in [7, 11) is -1.92. The fourth-order valence-corrected chi connectivity index (χ4v) is 4.20. The maximum absolute atomic E-state index is 12.6. The normalized spacial score (nSPS) is 14.4. The van der Waals surface area contributed by atoms with Gasteiger partial charge in [-0.25, -0.2) is 13.2 Å². The van der Waals surface area contributed by atoms with Gasteiger partial charge in [-0.05, 0) is 35.7 Å². The fraction of sp³-hybridized carbons (Fsp3) is 0.333. The number of sulfonamides is 1. The molecule has 1 aliphatic rings. The van der Waals surface area contributed by atoms with Crippen LogP contribution in [0.25, 0.3) is 0 Å². The number of hydrogen-bond acceptors (Lipinski definition) is 6. The highest BCUT2D eigenvalue weighted by Crippen LogP contribution is 2.25. The molecule has 1 amide bonds. The molecule has 27 heavy (non-hydrogen) atoms. The van der Waals surface area contributed by atoms with Crippen molar-refractivity contribution in [1.29, 1.82) is 0 Å². The summed E-state index contributed by atoms with van der Waals surface area (Å²) >= 11 is 0. The Hall–Kier alpha value is -2.65. The number of methoxy groups -OCH3 is 1. The van der Waals surface area contributed by atoms with Gasteiger partial charge < -0.3 is 14.5 Å². The highest BCUT2D eigenvalue weighted by molar-refractivity contribution is 7.89. The predicted octanol–water partition coefficient (Wildman–Crippen LogP) is 0.766. The molecule has 0 spiro atoms. The molecule has 144 valence electrons. The SMILES string of the molecule is COc1ccc2c(c1)CCN(S(=O)(=O)CCNC(=O)c1ccc(=O)oc1)C2. The second kappa shape index (κ2) is 7.93. The quantitative estimate of drug-likeness (QED) is 0.778. The monoisotopic (exact) mass is 392 g/mol. The van der Waals surface area contributed by atoms with Crippen molar-refractivity contribution in [2.75, 3.05) is 26.0 Å². The van der Waals surface area contributed by atoms with E-state index in [4.69, 9.17) is 4.74 Å². The zero-order valence-electron chi connectivity index (χ0n) is 14.8. The summed E-state index contributed by atoms with van der Waals surface area (Å²) in [6, 6.07) is 8.07. The van der Waals surface area contributed by atoms with Crippen molar-refractivity contribution in [3.05, 3.63) is 63.7 Å². The number of benzene rings is 1. The summed E-state index contributed by atoms with van der Waals surface area (Å²) in [5, 5.41) is 2.52. The Morgan fingerprint density at radius 3 is 2.78 bits per heavy atom. The molecule has 2 heterocycles. The molecule has 0 fully saturated rings. The molecule has 0 atom stereocenters. The molecule has 1 aromatic carbocycles. The maximum atomic E-state index is 12.6. The maximum Gasteiger partial charge on any atom is 0.335 e. The Labute approximate surface area is 156 Å². The van der Waals surface area contributed by atoms with E-state index in [9.17, 15) is 18.0 Å². The molecule has 8 nitrogen and oxygen atoms in total. The van der Waals surface area contributed by atoms with Crippen LogP contribution in [0.1, 0.15) is 21.5 Å². The first-order valence-corrected chi connectivity index (χ1v) is 10.0. The molecule has 3 rings (SSSR count). The van der Waals surface area contributed by atoms with Crippen molar-refractivity contribution < 1.29 is 22.4 Å². The third kappa shape index (κ3) is 4.55. The van der Waals surface area contributed by atoms with Gasteiger partial charge in [0.1, 0.15) is 12.0 Å². The number of amides is 1. The summed E-state index contributed by atoms with van der Waals surface area (Å²) in [4.78, 5) is 22.8. The van der Waals surface area contributed by atoms with Crippen LogP contribution in [-0.4, -0.2) is 44.6 Å². The molecule has 2 aromatic rings. The van der Waals surface area contributed by atoms with Gasteiger partial charge in [0.05, 0.1) is 18.4 Å². The number of nitrogens with zero attached hydrogens (tertiary/aromatic N) is 1. The van der Waals surface area contributed by atoms with E-state index in [1.54, 1.807) is 7.11 Å². The van der Waals surface area contributed by atoms with Gasteiger partial charge in [0, 0.05) is 25.7 Å². The molecular weight excluding hydrogens is 372 g/mol. The number of nitrogens with one attached hydrogen (secondary N) is 1. The van der Waals surface area contributed by atoms with Gasteiger partial charge in [-0.2, -0.15) is 4.31 Å². The Balaban J connectivity index is 1.57. The number of carbonyl (C=O) groups excluding carboxylic acids is 1. The van der Waals surface area contributed by atoms with Crippen LogP contribution in [0, 0.1) is 0 Å². The van der Waals surface area contributed by atoms with Crippen molar-refractivity contribution >= 4 is 15.9 Å². The summed E-state index contributed by atoms with van der Waals surface area (Å²) in [6.07, 6.45) is 1.66. The molecule has 0 bridgehead atoms. The first-order chi connectivity index (χ1) is 12.9. The Morgan fingerprint density at radius 2 is 2.07 bits per heavy atom. The Morgan fingerprint density at radius 1 is 1.26 bits per heavy atom. The summed E-state index contributed by atoms with van der Waals surface area (Å²) < 4.78 is 36.4. The summed E-state index contributed by atoms with van der Waals surface area (Å²) in [6.45, 7) is 0.659. The van der Waals surface area contributed by atoms with Crippen LogP contribution in [-0.2, 0) is 23.0 Å². The average molecular weight is 392 g/mol. The van der Waals surface area contributed by atoms with E-state index in [1.165, 1.54) is 10.4 Å². The molecule has 0 saturated heterocycles. The van der Waals surface area contributed by atoms with Crippen molar-refractivity contribution in [2.24, 2.45) is 0 Å². The smallest absolute Gasteiger partial charge is 0.335 e. The van der Waals surface area contributed by atoms with Crippen LogP contribution < -0.4 is 15.7 Å². The minimum absolute atomic E-state index is 0.0355. The van der Waals surface area contributed by atoms with Gasteiger partial charge in [-0.15, -0.1) is 0 Å². The lowest BCUT2D eigenvalue weighted by Gasteiger charge is -2.28. The molecule has 0 saturated carbocycles. The molecule has 1 aliphatic heterocycles. The van der Waals surface area contributed by atoms with E-state index in [0.29, 0.717) is 19.5 Å². The third-order valence-electron chi connectivity index (χ3n) is 4.39. The average Bonchev–Trinajstić information content (AvgIpc) is 2.67. The molecule has 1 aromatic heterocycles. The number of ether oxygens (including phenoxy) is 1. The fourth-order valence-electron chi connectivity index (χ4n) is 2.88. The largest absolute Gasteiger partial charge is 0.497 e. The van der Waals surface area contributed by atoms with Crippen molar-refractivity contribution in [1.82, 2.24) is 9.62 Å². The highest BCUT2D eigenvalue weighted by atomic mass is 32.2. The minimum Gasteiger partial charge on any atom is -0.497 e. The lowest BCUT2D eigenvalue weighted by atomic mass is 10.0. The molecule has 0 radical (unpaired) electrons. The number of hydrogen-bond donors (Lipinski definition) is 1. The van der Waals surface area contributed by atoms with Crippen molar-refractivity contribution in [3.8, 4) is 5.75 Å². The van der Waals surface area contributed by atoms with Crippen molar-refractivity contribution in [3.63, 3.8) is 0 Å². The van der Waals surface area contributed by atoms with Crippen molar-refractivity contribution in [2.45, 2.75) is 13.0 Å². The number of rotatable bonds is 6. The van der Waals surface area contributed by atoms with Gasteiger partial charge in [0.15, 0.2) is 0 Å². The second-order valence-corrected chi connectivity index (χ2v) is 8.22. The first kappa shape index (κ1) is 19.1. The zero-order chi connectivity index (χ0) is 19.4. The van der Waals surface area contributed by atoms with Crippen LogP contribution in [0.2, 0.25) is 0 Å². The molecule has 0 unspecified atom stereocenters. The van der Waals surface area contributed by atoms with Gasteiger partial charge in [0.2, 0.25) is 10.0 Å². The standard InChI is InChI=1S/C18H20N2O6S/c1-25-16-4-2-14-11-20(8-6-13(14)10-16)27(23,24)9-7-19-18(22)15-3-5-17(21)26-12-15/h2-5,10,12H,6-9,11H2,1H3,(H,19,22). The number of carbonyl (C=O) groups is 1. The van der Waals surface area contributed by atoms with E-state index in [1.807, 2.05) is 18.2 Å². The molecule has 0 aliphatic carbocycles. The van der Waals surface area contributed by atoms with Crippen LogP contribution in [0.4, 0.5) is 0 Å². The van der Waals surface area contributed by atoms with E-state index in [2.05, 4.69) is 9.73 Å². The summed E-state index contributed by atoms with van der Waals surface area (Å²) in [5.74, 6) is 0.0515. The van der Waals surface area contributed by atoms with Crippen LogP contribution in [0.3, 0.4) is 0 Å². The van der Waals surface area contributed by atoms with Crippen LogP contribution in [0.5, 0.6) is 5.75 Å². The predicted molar refractivity (Wildman–Crippen MR) is 98.2 cm³/mol. The third-order valence-corrected chi connectivity index (χ3v) is 6.21. The molecule has 1 N–H and O–H groups in total. The number of fused-ring (bicyclic) bond motifs is 1. The highest BCUT2D eigenvalue weighted by Gasteiger charge is 2.26. The molecule has 9 heteroatoms. The second-order valence-electron chi connectivity index (χ2n) is 6.13. The van der Waals surface area contributed by atoms with Gasteiger partial charge >= 0.3 is 5.63 Å². The topological polar surface area (TPSA) is 106 Å². The van der Waals surface area contributed by atoms with Crippen LogP contribution >= 0.6 is 0 Å². The van der Waals surface area contributed by atoms with E-state index in [0.717, 1.165) is 29.2 Å². The minimum atomic E-state index is -3.51. The lowest BCUT2D eigenvalue weighted by Crippen LogP contribution is -2.40. The van der Waals surface area contributed by atoms with Gasteiger partial charge in [-0.3, -0.25) is 4.79 Å². The molecular formula is C18H20N2O6S. The first-order valence-electron chi connectivity index (χ1n) is 8.40. The van der Waals surface area contributed by atoms with Crippen LogP contribution in [0.15, 0.2) is 45.8 Å². The lowest BCUT2D eigenvalue weighted by molar-refractivity contribution is 0.0953. The van der Waals surface area contributed by atoms with E-state index in [-0.39, 0.29) is 17.9 Å². The van der Waals surface area contributed by atoms with E-state index < -0.39 is 21.6 Å². The zero-order valence-corrected chi connectivity index (χ0v) is 15.6. The van der Waals surface area contributed by atoms with Gasteiger partial charge in [-0.1, -0.05) is 6.07 Å². The van der Waals surface area contributed by atoms with E-state index >= 15 is 0 Å².